The van der Waals surface area contributed by atoms with E-state index in [1.807, 2.05) is 0 Å². The number of amides is 1. The van der Waals surface area contributed by atoms with Crippen LogP contribution in [0.4, 0.5) is 0 Å². The van der Waals surface area contributed by atoms with Gasteiger partial charge in [0.1, 0.15) is 17.1 Å². The van der Waals surface area contributed by atoms with Gasteiger partial charge in [-0.25, -0.2) is 0 Å². The average molecular weight is 281 g/mol. The first-order valence-electron chi connectivity index (χ1n) is 6.08. The molecule has 0 aliphatic carbocycles. The summed E-state index contributed by atoms with van der Waals surface area (Å²) in [5, 5.41) is 0. The number of hydrogen-bond donors (Lipinski definition) is 0. The Morgan fingerprint density at radius 2 is 1.65 bits per heavy atom. The van der Waals surface area contributed by atoms with Crippen molar-refractivity contribution >= 4 is 11.9 Å². The van der Waals surface area contributed by atoms with Crippen LogP contribution in [0.25, 0.3) is 0 Å². The monoisotopic (exact) mass is 281 g/mol. The normalized spacial score (nSPS) is 9.80. The smallest absolute Gasteiger partial charge is 0.307 e. The van der Waals surface area contributed by atoms with Crippen LogP contribution in [0.1, 0.15) is 16.8 Å². The van der Waals surface area contributed by atoms with Crippen LogP contribution in [0.2, 0.25) is 0 Å². The third-order valence-electron chi connectivity index (χ3n) is 2.87. The maximum Gasteiger partial charge on any atom is 0.307 e. The molecule has 0 aliphatic rings. The van der Waals surface area contributed by atoms with Gasteiger partial charge in [0.05, 0.1) is 27.8 Å². The molecule has 0 aliphatic heterocycles. The zero-order valence-corrected chi connectivity index (χ0v) is 12.1. The summed E-state index contributed by atoms with van der Waals surface area (Å²) >= 11 is 0. The molecular formula is C14H19NO5. The van der Waals surface area contributed by atoms with Crippen molar-refractivity contribution in [3.05, 3.63) is 23.8 Å². The molecule has 0 radical (unpaired) electrons. The Labute approximate surface area is 118 Å². The molecule has 0 aromatic heterocycles. The molecule has 20 heavy (non-hydrogen) atoms. The minimum Gasteiger partial charge on any atom is -0.496 e. The van der Waals surface area contributed by atoms with E-state index in [0.29, 0.717) is 17.1 Å². The molecular weight excluding hydrogens is 262 g/mol. The molecule has 6 nitrogen and oxygen atoms in total. The van der Waals surface area contributed by atoms with Gasteiger partial charge < -0.3 is 19.1 Å². The van der Waals surface area contributed by atoms with Gasteiger partial charge >= 0.3 is 5.97 Å². The summed E-state index contributed by atoms with van der Waals surface area (Å²) in [6.45, 7) is 0.257. The molecule has 0 unspecified atom stereocenters. The maximum atomic E-state index is 12.4. The predicted octanol–water partition coefficient (Wildman–Crippen LogP) is 1.34. The van der Waals surface area contributed by atoms with Crippen LogP contribution >= 0.6 is 0 Å². The van der Waals surface area contributed by atoms with E-state index in [2.05, 4.69) is 4.74 Å². The third-order valence-corrected chi connectivity index (χ3v) is 2.87. The number of methoxy groups -OCH3 is 3. The maximum absolute atomic E-state index is 12.4. The van der Waals surface area contributed by atoms with E-state index in [4.69, 9.17) is 9.47 Å². The fraction of sp³-hybridized carbons (Fsp3) is 0.429. The molecule has 1 amide bonds. The van der Waals surface area contributed by atoms with Gasteiger partial charge in [0.2, 0.25) is 0 Å². The van der Waals surface area contributed by atoms with Crippen LogP contribution in [-0.4, -0.2) is 51.7 Å². The summed E-state index contributed by atoms with van der Waals surface area (Å²) < 4.78 is 14.9. The van der Waals surface area contributed by atoms with Gasteiger partial charge in [-0.2, -0.15) is 0 Å². The van der Waals surface area contributed by atoms with Crippen LogP contribution in [0.3, 0.4) is 0 Å². The Hall–Kier alpha value is -2.24. The molecule has 0 spiro atoms. The Morgan fingerprint density at radius 3 is 2.10 bits per heavy atom. The van der Waals surface area contributed by atoms with Crippen LogP contribution in [0.15, 0.2) is 18.2 Å². The number of hydrogen-bond acceptors (Lipinski definition) is 5. The van der Waals surface area contributed by atoms with Crippen LogP contribution in [-0.2, 0) is 9.53 Å². The molecule has 0 N–H and O–H groups in total. The van der Waals surface area contributed by atoms with Gasteiger partial charge in [-0.1, -0.05) is 6.07 Å². The number of ether oxygens (including phenoxy) is 3. The van der Waals surface area contributed by atoms with E-state index in [-0.39, 0.29) is 24.8 Å². The molecule has 1 aromatic rings. The molecule has 0 bridgehead atoms. The largest absolute Gasteiger partial charge is 0.496 e. The van der Waals surface area contributed by atoms with Crippen LogP contribution in [0, 0.1) is 0 Å². The molecule has 6 heteroatoms. The Kier molecular flexibility index (Phi) is 5.83. The molecule has 0 heterocycles. The molecule has 0 atom stereocenters. The van der Waals surface area contributed by atoms with Gasteiger partial charge in [0, 0.05) is 13.6 Å². The topological polar surface area (TPSA) is 65.1 Å². The first-order valence-corrected chi connectivity index (χ1v) is 6.08. The average Bonchev–Trinajstić information content (AvgIpc) is 2.50. The van der Waals surface area contributed by atoms with E-state index in [9.17, 15) is 9.59 Å². The Morgan fingerprint density at radius 1 is 1.10 bits per heavy atom. The zero-order valence-electron chi connectivity index (χ0n) is 12.1. The van der Waals surface area contributed by atoms with E-state index >= 15 is 0 Å². The number of carbonyl (C=O) groups excluding carboxylic acids is 2. The van der Waals surface area contributed by atoms with E-state index in [1.165, 1.54) is 26.2 Å². The summed E-state index contributed by atoms with van der Waals surface area (Å²) in [5.74, 6) is 0.221. The van der Waals surface area contributed by atoms with Gasteiger partial charge in [-0.3, -0.25) is 9.59 Å². The SMILES string of the molecule is COC(=O)CCN(C)C(=O)c1c(OC)cccc1OC. The van der Waals surface area contributed by atoms with Crippen molar-refractivity contribution in [3.63, 3.8) is 0 Å². The second-order valence-corrected chi connectivity index (χ2v) is 4.09. The van der Waals surface area contributed by atoms with Crippen molar-refractivity contribution in [1.29, 1.82) is 0 Å². The highest BCUT2D eigenvalue weighted by atomic mass is 16.5. The lowest BCUT2D eigenvalue weighted by Gasteiger charge is -2.19. The summed E-state index contributed by atoms with van der Waals surface area (Å²) in [4.78, 5) is 25.0. The van der Waals surface area contributed by atoms with Crippen molar-refractivity contribution in [3.8, 4) is 11.5 Å². The number of benzene rings is 1. The lowest BCUT2D eigenvalue weighted by molar-refractivity contribution is -0.140. The van der Waals surface area contributed by atoms with Crippen molar-refractivity contribution in [2.75, 3.05) is 34.9 Å². The predicted molar refractivity (Wildman–Crippen MR) is 73.1 cm³/mol. The standard InChI is InChI=1S/C14H19NO5/c1-15(9-8-12(16)20-4)14(17)13-10(18-2)6-5-7-11(13)19-3/h5-7H,8-9H2,1-4H3. The number of nitrogens with zero attached hydrogens (tertiary/aromatic N) is 1. The lowest BCUT2D eigenvalue weighted by atomic mass is 10.1. The highest BCUT2D eigenvalue weighted by Gasteiger charge is 2.21. The first kappa shape index (κ1) is 15.8. The second kappa shape index (κ2) is 7.37. The molecule has 0 saturated carbocycles. The second-order valence-electron chi connectivity index (χ2n) is 4.09. The van der Waals surface area contributed by atoms with Crippen molar-refractivity contribution < 1.29 is 23.8 Å². The highest BCUT2D eigenvalue weighted by molar-refractivity contribution is 5.99. The summed E-state index contributed by atoms with van der Waals surface area (Å²) in [6.07, 6.45) is 0.135. The number of rotatable bonds is 6. The molecule has 1 aromatic carbocycles. The third kappa shape index (κ3) is 3.63. The van der Waals surface area contributed by atoms with Gasteiger partial charge in [0.15, 0.2) is 0 Å². The fourth-order valence-electron chi connectivity index (χ4n) is 1.72. The molecule has 0 fully saturated rings. The van der Waals surface area contributed by atoms with E-state index < -0.39 is 0 Å². The number of esters is 1. The van der Waals surface area contributed by atoms with Crippen molar-refractivity contribution in [2.24, 2.45) is 0 Å². The highest BCUT2D eigenvalue weighted by Crippen LogP contribution is 2.29. The van der Waals surface area contributed by atoms with Crippen LogP contribution < -0.4 is 9.47 Å². The minimum absolute atomic E-state index is 0.135. The van der Waals surface area contributed by atoms with E-state index in [0.717, 1.165) is 0 Å². The Balaban J connectivity index is 2.93. The number of carbonyl (C=O) groups is 2. The van der Waals surface area contributed by atoms with Gasteiger partial charge in [0.25, 0.3) is 5.91 Å². The Bertz CT molecular complexity index is 464. The van der Waals surface area contributed by atoms with E-state index in [1.54, 1.807) is 25.2 Å². The quantitative estimate of drug-likeness (QED) is 0.736. The summed E-state index contributed by atoms with van der Waals surface area (Å²) in [5.41, 5.74) is 0.338. The van der Waals surface area contributed by atoms with Crippen molar-refractivity contribution in [1.82, 2.24) is 4.90 Å². The lowest BCUT2D eigenvalue weighted by Crippen LogP contribution is -2.30. The van der Waals surface area contributed by atoms with Crippen molar-refractivity contribution in [2.45, 2.75) is 6.42 Å². The first-order chi connectivity index (χ1) is 9.54. The molecule has 110 valence electrons. The summed E-state index contributed by atoms with van der Waals surface area (Å²) in [6, 6.07) is 5.11. The van der Waals surface area contributed by atoms with Crippen LogP contribution in [0.5, 0.6) is 11.5 Å². The zero-order chi connectivity index (χ0) is 15.1. The molecule has 1 rings (SSSR count). The minimum atomic E-state index is -0.364. The summed E-state index contributed by atoms with van der Waals surface area (Å²) in [7, 11) is 5.89. The molecule has 0 saturated heterocycles. The van der Waals surface area contributed by atoms with Gasteiger partial charge in [-0.15, -0.1) is 0 Å². The fourth-order valence-corrected chi connectivity index (χ4v) is 1.72. The van der Waals surface area contributed by atoms with Gasteiger partial charge in [-0.05, 0) is 12.1 Å².